The van der Waals surface area contributed by atoms with Gasteiger partial charge >= 0.3 is 0 Å². The fourth-order valence-electron chi connectivity index (χ4n) is 2.35. The van der Waals surface area contributed by atoms with Gasteiger partial charge in [-0.15, -0.1) is 16.8 Å². The number of rotatable bonds is 6. The van der Waals surface area contributed by atoms with Crippen molar-refractivity contribution in [1.82, 2.24) is 24.1 Å². The van der Waals surface area contributed by atoms with Crippen molar-refractivity contribution < 1.29 is 0 Å². The zero-order valence-electron chi connectivity index (χ0n) is 12.7. The van der Waals surface area contributed by atoms with E-state index in [0.717, 1.165) is 26.7 Å². The minimum Gasteiger partial charge on any atom is -0.298 e. The molecule has 24 heavy (non-hydrogen) atoms. The molecule has 0 spiro atoms. The Labute approximate surface area is 153 Å². The first-order valence-electron chi connectivity index (χ1n) is 7.56. The predicted octanol–water partition coefficient (Wildman–Crippen LogP) is 4.66. The monoisotopic (exact) mass is 375 g/mol. The normalized spacial score (nSPS) is 14.0. The first-order valence-corrected chi connectivity index (χ1v) is 9.53. The molecule has 8 heteroatoms. The van der Waals surface area contributed by atoms with Crippen LogP contribution in [0.2, 0.25) is 5.02 Å². The van der Waals surface area contributed by atoms with Crippen LogP contribution in [0.25, 0.3) is 11.4 Å². The molecule has 1 aliphatic carbocycles. The summed E-state index contributed by atoms with van der Waals surface area (Å²) in [4.78, 5) is 4.61. The molecule has 0 N–H and O–H groups in total. The van der Waals surface area contributed by atoms with Crippen molar-refractivity contribution >= 4 is 34.9 Å². The molecule has 0 unspecified atom stereocenters. The van der Waals surface area contributed by atoms with Gasteiger partial charge in [0.2, 0.25) is 0 Å². The van der Waals surface area contributed by atoms with E-state index in [-0.39, 0.29) is 0 Å². The lowest BCUT2D eigenvalue weighted by Crippen LogP contribution is -2.00. The summed E-state index contributed by atoms with van der Waals surface area (Å²) in [5, 5.41) is 10.1. The molecular formula is C16H14ClN5S2. The Balaban J connectivity index is 1.65. The Morgan fingerprint density at radius 3 is 3.00 bits per heavy atom. The number of aromatic nitrogens is 5. The van der Waals surface area contributed by atoms with E-state index in [1.807, 2.05) is 34.9 Å². The zero-order chi connectivity index (χ0) is 16.5. The molecule has 0 aliphatic heterocycles. The van der Waals surface area contributed by atoms with Gasteiger partial charge < -0.3 is 0 Å². The Morgan fingerprint density at radius 1 is 1.38 bits per heavy atom. The van der Waals surface area contributed by atoms with E-state index in [0.29, 0.717) is 17.5 Å². The standard InChI is InChI=1S/C16H14ClN5S2/c1-2-8-22-14(11-4-3-5-12(17)9-11)19-20-15(22)23-16-18-13(21-24-16)10-6-7-10/h2-5,9-10H,1,6-8H2. The SMILES string of the molecule is C=CCn1c(Sc2nc(C3CC3)ns2)nnc1-c1cccc(Cl)c1. The lowest BCUT2D eigenvalue weighted by atomic mass is 10.2. The molecule has 0 amide bonds. The molecule has 5 nitrogen and oxygen atoms in total. The summed E-state index contributed by atoms with van der Waals surface area (Å²) in [5.74, 6) is 2.29. The van der Waals surface area contributed by atoms with Crippen molar-refractivity contribution in [3.05, 3.63) is 47.8 Å². The van der Waals surface area contributed by atoms with Gasteiger partial charge in [-0.25, -0.2) is 4.98 Å². The smallest absolute Gasteiger partial charge is 0.198 e. The van der Waals surface area contributed by atoms with E-state index in [4.69, 9.17) is 11.6 Å². The summed E-state index contributed by atoms with van der Waals surface area (Å²) in [6, 6.07) is 7.61. The largest absolute Gasteiger partial charge is 0.298 e. The Kier molecular flexibility index (Phi) is 4.39. The highest BCUT2D eigenvalue weighted by Gasteiger charge is 2.28. The second-order valence-corrected chi connectivity index (χ2v) is 7.91. The first kappa shape index (κ1) is 15.8. The van der Waals surface area contributed by atoms with Crippen molar-refractivity contribution in [3.8, 4) is 11.4 Å². The minimum absolute atomic E-state index is 0.559. The van der Waals surface area contributed by atoms with Crippen LogP contribution in [0.5, 0.6) is 0 Å². The highest BCUT2D eigenvalue weighted by molar-refractivity contribution is 8.00. The maximum atomic E-state index is 6.10. The Morgan fingerprint density at radius 2 is 2.25 bits per heavy atom. The van der Waals surface area contributed by atoms with E-state index < -0.39 is 0 Å². The summed E-state index contributed by atoms with van der Waals surface area (Å²) in [6.45, 7) is 4.45. The molecule has 3 aromatic rings. The van der Waals surface area contributed by atoms with Gasteiger partial charge in [-0.05, 0) is 48.3 Å². The lowest BCUT2D eigenvalue weighted by Gasteiger charge is -2.06. The van der Waals surface area contributed by atoms with Crippen LogP contribution >= 0.6 is 34.9 Å². The molecule has 2 aromatic heterocycles. The van der Waals surface area contributed by atoms with E-state index in [2.05, 4.69) is 26.1 Å². The van der Waals surface area contributed by atoms with E-state index in [1.165, 1.54) is 36.1 Å². The number of allylic oxidation sites excluding steroid dienone is 1. The van der Waals surface area contributed by atoms with Crippen molar-refractivity contribution in [3.63, 3.8) is 0 Å². The molecule has 1 fully saturated rings. The van der Waals surface area contributed by atoms with Gasteiger partial charge in [0.25, 0.3) is 0 Å². The van der Waals surface area contributed by atoms with Gasteiger partial charge in [-0.2, -0.15) is 4.37 Å². The molecule has 122 valence electrons. The van der Waals surface area contributed by atoms with Gasteiger partial charge in [-0.3, -0.25) is 4.57 Å². The maximum absolute atomic E-state index is 6.10. The lowest BCUT2D eigenvalue weighted by molar-refractivity contribution is 0.731. The fourth-order valence-corrected chi connectivity index (χ4v) is 4.16. The second-order valence-electron chi connectivity index (χ2n) is 5.51. The third-order valence-electron chi connectivity index (χ3n) is 3.66. The number of benzene rings is 1. The van der Waals surface area contributed by atoms with Crippen molar-refractivity contribution in [1.29, 1.82) is 0 Å². The highest BCUT2D eigenvalue weighted by Crippen LogP contribution is 2.40. The van der Waals surface area contributed by atoms with Crippen molar-refractivity contribution in [2.24, 2.45) is 0 Å². The van der Waals surface area contributed by atoms with Crippen LogP contribution in [0.1, 0.15) is 24.6 Å². The summed E-state index contributed by atoms with van der Waals surface area (Å²) in [5.41, 5.74) is 0.930. The summed E-state index contributed by atoms with van der Waals surface area (Å²) in [7, 11) is 0. The van der Waals surface area contributed by atoms with E-state index >= 15 is 0 Å². The van der Waals surface area contributed by atoms with Crippen LogP contribution in [0.4, 0.5) is 0 Å². The summed E-state index contributed by atoms with van der Waals surface area (Å²) >= 11 is 9.01. The number of halogens is 1. The van der Waals surface area contributed by atoms with Gasteiger partial charge in [0.15, 0.2) is 15.3 Å². The second kappa shape index (κ2) is 6.66. The molecule has 1 aliphatic rings. The van der Waals surface area contributed by atoms with Crippen molar-refractivity contribution in [2.45, 2.75) is 34.8 Å². The van der Waals surface area contributed by atoms with E-state index in [9.17, 15) is 0 Å². The zero-order valence-corrected chi connectivity index (χ0v) is 15.1. The molecular weight excluding hydrogens is 362 g/mol. The summed E-state index contributed by atoms with van der Waals surface area (Å²) < 4.78 is 7.35. The van der Waals surface area contributed by atoms with Gasteiger partial charge in [-0.1, -0.05) is 29.8 Å². The van der Waals surface area contributed by atoms with Crippen LogP contribution in [0, 0.1) is 0 Å². The minimum atomic E-state index is 0.559. The molecule has 0 atom stereocenters. The average molecular weight is 376 g/mol. The Bertz CT molecular complexity index is 884. The van der Waals surface area contributed by atoms with E-state index in [1.54, 1.807) is 0 Å². The van der Waals surface area contributed by atoms with Gasteiger partial charge in [0.05, 0.1) is 0 Å². The van der Waals surface area contributed by atoms with Crippen LogP contribution in [-0.2, 0) is 6.54 Å². The van der Waals surface area contributed by atoms with Gasteiger partial charge in [0, 0.05) is 23.0 Å². The molecule has 1 saturated carbocycles. The third-order valence-corrected chi connectivity index (χ3v) is 5.64. The number of hydrogen-bond acceptors (Lipinski definition) is 6. The molecule has 0 saturated heterocycles. The third kappa shape index (κ3) is 3.24. The number of hydrogen-bond donors (Lipinski definition) is 0. The molecule has 0 bridgehead atoms. The fraction of sp³-hybridized carbons (Fsp3) is 0.250. The highest BCUT2D eigenvalue weighted by atomic mass is 35.5. The topological polar surface area (TPSA) is 56.5 Å². The average Bonchev–Trinajstić information content (AvgIpc) is 3.20. The molecule has 1 aromatic carbocycles. The van der Waals surface area contributed by atoms with Crippen LogP contribution < -0.4 is 0 Å². The quantitative estimate of drug-likeness (QED) is 0.586. The van der Waals surface area contributed by atoms with Crippen LogP contribution in [0.15, 0.2) is 46.4 Å². The first-order chi connectivity index (χ1) is 11.7. The maximum Gasteiger partial charge on any atom is 0.198 e. The predicted molar refractivity (Wildman–Crippen MR) is 96.7 cm³/mol. The van der Waals surface area contributed by atoms with Crippen LogP contribution in [-0.4, -0.2) is 24.1 Å². The molecule has 0 radical (unpaired) electrons. The molecule has 4 rings (SSSR count). The molecule has 2 heterocycles. The summed E-state index contributed by atoms with van der Waals surface area (Å²) in [6.07, 6.45) is 4.23. The van der Waals surface area contributed by atoms with Gasteiger partial charge in [0.1, 0.15) is 5.82 Å². The number of nitrogens with zero attached hydrogens (tertiary/aromatic N) is 5. The van der Waals surface area contributed by atoms with Crippen molar-refractivity contribution in [2.75, 3.05) is 0 Å². The van der Waals surface area contributed by atoms with Crippen LogP contribution in [0.3, 0.4) is 0 Å². The Hall–Kier alpha value is -1.70.